The van der Waals surface area contributed by atoms with Crippen molar-refractivity contribution >= 4 is 11.4 Å². The summed E-state index contributed by atoms with van der Waals surface area (Å²) in [5.74, 6) is 0.874. The summed E-state index contributed by atoms with van der Waals surface area (Å²) in [7, 11) is 1.69. The molecular formula is C17H22N2O. The van der Waals surface area contributed by atoms with E-state index in [1.165, 1.54) is 11.1 Å². The minimum Gasteiger partial charge on any atom is -0.495 e. The average molecular weight is 270 g/mol. The Morgan fingerprint density at radius 1 is 0.900 bits per heavy atom. The van der Waals surface area contributed by atoms with Gasteiger partial charge in [-0.2, -0.15) is 0 Å². The Balaban J connectivity index is 1.83. The van der Waals surface area contributed by atoms with Gasteiger partial charge in [0.05, 0.1) is 12.8 Å². The molecule has 0 aliphatic rings. The van der Waals surface area contributed by atoms with Crippen LogP contribution in [0.5, 0.6) is 5.75 Å². The summed E-state index contributed by atoms with van der Waals surface area (Å²) in [4.78, 5) is 0. The lowest BCUT2D eigenvalue weighted by Crippen LogP contribution is -2.14. The standard InChI is InChI=1S/C17H22N2O/c1-13-8-9-15(12-14(13)2)18-10-11-19-16-6-4-5-7-17(16)20-3/h4-9,12,18-19H,10-11H2,1-3H3. The highest BCUT2D eigenvalue weighted by Gasteiger charge is 2.00. The third-order valence-electron chi connectivity index (χ3n) is 3.38. The van der Waals surface area contributed by atoms with Crippen molar-refractivity contribution in [3.05, 3.63) is 53.6 Å². The van der Waals surface area contributed by atoms with Crippen molar-refractivity contribution in [2.45, 2.75) is 13.8 Å². The zero-order valence-electron chi connectivity index (χ0n) is 12.4. The van der Waals surface area contributed by atoms with Gasteiger partial charge in [-0.1, -0.05) is 18.2 Å². The number of hydrogen-bond donors (Lipinski definition) is 2. The maximum absolute atomic E-state index is 5.31. The molecule has 0 saturated heterocycles. The highest BCUT2D eigenvalue weighted by atomic mass is 16.5. The summed E-state index contributed by atoms with van der Waals surface area (Å²) in [6.07, 6.45) is 0. The number of para-hydroxylation sites is 2. The predicted octanol–water partition coefficient (Wildman–Crippen LogP) is 3.84. The Morgan fingerprint density at radius 3 is 2.40 bits per heavy atom. The number of nitrogens with one attached hydrogen (secondary N) is 2. The molecule has 0 aromatic heterocycles. The second-order valence-corrected chi connectivity index (χ2v) is 4.85. The zero-order valence-corrected chi connectivity index (χ0v) is 12.4. The zero-order chi connectivity index (χ0) is 14.4. The molecule has 0 saturated carbocycles. The van der Waals surface area contributed by atoms with E-state index in [-0.39, 0.29) is 0 Å². The maximum atomic E-state index is 5.31. The molecule has 2 aromatic rings. The molecule has 2 rings (SSSR count). The van der Waals surface area contributed by atoms with E-state index >= 15 is 0 Å². The maximum Gasteiger partial charge on any atom is 0.141 e. The van der Waals surface area contributed by atoms with E-state index in [0.29, 0.717) is 0 Å². The number of methoxy groups -OCH3 is 1. The van der Waals surface area contributed by atoms with Crippen molar-refractivity contribution in [3.63, 3.8) is 0 Å². The van der Waals surface area contributed by atoms with Gasteiger partial charge >= 0.3 is 0 Å². The van der Waals surface area contributed by atoms with Gasteiger partial charge in [0.15, 0.2) is 0 Å². The molecule has 0 fully saturated rings. The van der Waals surface area contributed by atoms with Gasteiger partial charge in [-0.15, -0.1) is 0 Å². The highest BCUT2D eigenvalue weighted by molar-refractivity contribution is 5.56. The topological polar surface area (TPSA) is 33.3 Å². The van der Waals surface area contributed by atoms with E-state index in [0.717, 1.165) is 30.2 Å². The molecular weight excluding hydrogens is 248 g/mol. The molecule has 0 unspecified atom stereocenters. The lowest BCUT2D eigenvalue weighted by Gasteiger charge is -2.12. The molecule has 0 aliphatic heterocycles. The largest absolute Gasteiger partial charge is 0.495 e. The molecule has 2 aromatic carbocycles. The summed E-state index contributed by atoms with van der Waals surface area (Å²) in [6, 6.07) is 14.4. The van der Waals surface area contributed by atoms with Crippen LogP contribution in [-0.2, 0) is 0 Å². The molecule has 0 bridgehead atoms. The Labute approximate surface area is 121 Å². The number of rotatable bonds is 6. The van der Waals surface area contributed by atoms with E-state index in [2.05, 4.69) is 42.7 Å². The summed E-state index contributed by atoms with van der Waals surface area (Å²) in [6.45, 7) is 5.96. The summed E-state index contributed by atoms with van der Waals surface area (Å²) < 4.78 is 5.31. The van der Waals surface area contributed by atoms with Crippen molar-refractivity contribution in [1.82, 2.24) is 0 Å². The van der Waals surface area contributed by atoms with Gasteiger partial charge in [-0.25, -0.2) is 0 Å². The van der Waals surface area contributed by atoms with Crippen LogP contribution in [-0.4, -0.2) is 20.2 Å². The van der Waals surface area contributed by atoms with E-state index in [9.17, 15) is 0 Å². The van der Waals surface area contributed by atoms with Crippen molar-refractivity contribution in [1.29, 1.82) is 0 Å². The Morgan fingerprint density at radius 2 is 1.65 bits per heavy atom. The first-order chi connectivity index (χ1) is 9.70. The van der Waals surface area contributed by atoms with Crippen molar-refractivity contribution in [2.24, 2.45) is 0 Å². The molecule has 20 heavy (non-hydrogen) atoms. The molecule has 3 heteroatoms. The number of anilines is 2. The highest BCUT2D eigenvalue weighted by Crippen LogP contribution is 2.22. The quantitative estimate of drug-likeness (QED) is 0.783. The number of hydrogen-bond acceptors (Lipinski definition) is 3. The third kappa shape index (κ3) is 3.67. The molecule has 106 valence electrons. The molecule has 0 atom stereocenters. The first-order valence-electron chi connectivity index (χ1n) is 6.88. The van der Waals surface area contributed by atoms with Gasteiger partial charge in [0.25, 0.3) is 0 Å². The molecule has 0 radical (unpaired) electrons. The van der Waals surface area contributed by atoms with Crippen LogP contribution in [0.3, 0.4) is 0 Å². The van der Waals surface area contributed by atoms with Crippen LogP contribution >= 0.6 is 0 Å². The van der Waals surface area contributed by atoms with Gasteiger partial charge < -0.3 is 15.4 Å². The molecule has 0 aliphatic carbocycles. The summed E-state index contributed by atoms with van der Waals surface area (Å²) in [5, 5.41) is 6.79. The van der Waals surface area contributed by atoms with Gasteiger partial charge in [-0.3, -0.25) is 0 Å². The van der Waals surface area contributed by atoms with E-state index in [1.807, 2.05) is 24.3 Å². The third-order valence-corrected chi connectivity index (χ3v) is 3.38. The van der Waals surface area contributed by atoms with Crippen LogP contribution in [0.15, 0.2) is 42.5 Å². The summed E-state index contributed by atoms with van der Waals surface area (Å²) in [5.41, 5.74) is 4.82. The van der Waals surface area contributed by atoms with Crippen LogP contribution < -0.4 is 15.4 Å². The van der Waals surface area contributed by atoms with Crippen molar-refractivity contribution in [2.75, 3.05) is 30.8 Å². The van der Waals surface area contributed by atoms with E-state index < -0.39 is 0 Å². The van der Waals surface area contributed by atoms with Gasteiger partial charge in [0.2, 0.25) is 0 Å². The second-order valence-electron chi connectivity index (χ2n) is 4.85. The smallest absolute Gasteiger partial charge is 0.141 e. The molecule has 0 amide bonds. The molecule has 3 nitrogen and oxygen atoms in total. The van der Waals surface area contributed by atoms with E-state index in [4.69, 9.17) is 4.74 Å². The number of aryl methyl sites for hydroxylation is 2. The van der Waals surface area contributed by atoms with E-state index in [1.54, 1.807) is 7.11 Å². The monoisotopic (exact) mass is 270 g/mol. The summed E-state index contributed by atoms with van der Waals surface area (Å²) >= 11 is 0. The minimum absolute atomic E-state index is 0.841. The number of ether oxygens (including phenoxy) is 1. The van der Waals surface area contributed by atoms with Crippen LogP contribution in [0.1, 0.15) is 11.1 Å². The molecule has 0 spiro atoms. The second kappa shape index (κ2) is 6.85. The van der Waals surface area contributed by atoms with Crippen LogP contribution in [0.4, 0.5) is 11.4 Å². The van der Waals surface area contributed by atoms with Gasteiger partial charge in [0, 0.05) is 18.8 Å². The van der Waals surface area contributed by atoms with Gasteiger partial charge in [-0.05, 0) is 49.2 Å². The SMILES string of the molecule is COc1ccccc1NCCNc1ccc(C)c(C)c1. The Kier molecular flexibility index (Phi) is 4.88. The molecule has 0 heterocycles. The lowest BCUT2D eigenvalue weighted by atomic mass is 10.1. The fraction of sp³-hybridized carbons (Fsp3) is 0.294. The van der Waals surface area contributed by atoms with Crippen LogP contribution in [0, 0.1) is 13.8 Å². The van der Waals surface area contributed by atoms with Crippen molar-refractivity contribution in [3.8, 4) is 5.75 Å². The first-order valence-corrected chi connectivity index (χ1v) is 6.88. The molecule has 2 N–H and O–H groups in total. The normalized spacial score (nSPS) is 10.2. The Hall–Kier alpha value is -2.16. The fourth-order valence-corrected chi connectivity index (χ4v) is 2.05. The first kappa shape index (κ1) is 14.3. The minimum atomic E-state index is 0.841. The number of benzene rings is 2. The van der Waals surface area contributed by atoms with Crippen molar-refractivity contribution < 1.29 is 4.74 Å². The van der Waals surface area contributed by atoms with Gasteiger partial charge in [0.1, 0.15) is 5.75 Å². The fourth-order valence-electron chi connectivity index (χ4n) is 2.05. The van der Waals surface area contributed by atoms with Crippen LogP contribution in [0.25, 0.3) is 0 Å². The Bertz CT molecular complexity index is 567. The lowest BCUT2D eigenvalue weighted by molar-refractivity contribution is 0.416. The van der Waals surface area contributed by atoms with Crippen LogP contribution in [0.2, 0.25) is 0 Å². The predicted molar refractivity (Wildman–Crippen MR) is 85.9 cm³/mol. The average Bonchev–Trinajstić information content (AvgIpc) is 2.47.